The molecule has 0 bridgehead atoms. The number of aliphatic hydroxyl groups is 1. The van der Waals surface area contributed by atoms with E-state index in [1.807, 2.05) is 11.8 Å². The molecule has 0 aromatic rings. The number of hydrogen-bond donors (Lipinski definition) is 3. The minimum absolute atomic E-state index is 0.0388. The Hall–Kier alpha value is -1.93. The number of nitrogens with two attached hydrogens (primary N) is 1. The highest BCUT2D eigenvalue weighted by Gasteiger charge is 2.59. The lowest BCUT2D eigenvalue weighted by molar-refractivity contribution is -0.163. The molecular formula is C16H23N3O5. The molecule has 5 atom stereocenters. The molecule has 24 heavy (non-hydrogen) atoms. The average molecular weight is 337 g/mol. The number of fused-ring (bicyclic) bond motifs is 1. The minimum atomic E-state index is -1.12. The molecule has 0 aromatic heterocycles. The molecule has 3 heterocycles. The van der Waals surface area contributed by atoms with E-state index in [4.69, 9.17) is 5.73 Å². The maximum atomic E-state index is 12.3. The summed E-state index contributed by atoms with van der Waals surface area (Å²) in [6.07, 6.45) is -0.136. The van der Waals surface area contributed by atoms with Crippen molar-refractivity contribution in [2.75, 3.05) is 19.6 Å². The minimum Gasteiger partial charge on any atom is -0.477 e. The smallest absolute Gasteiger partial charge is 0.352 e. The lowest BCUT2D eigenvalue weighted by atomic mass is 9.77. The van der Waals surface area contributed by atoms with Gasteiger partial charge in [0, 0.05) is 19.0 Å². The molecule has 2 amide bonds. The van der Waals surface area contributed by atoms with Crippen LogP contribution in [0, 0.1) is 17.8 Å². The molecule has 3 aliphatic rings. The number of carbonyl (C=O) groups is 3. The van der Waals surface area contributed by atoms with Crippen molar-refractivity contribution < 1.29 is 24.6 Å². The van der Waals surface area contributed by atoms with Crippen LogP contribution in [0.4, 0.5) is 0 Å². The van der Waals surface area contributed by atoms with E-state index in [0.717, 1.165) is 0 Å². The molecular weight excluding hydrogens is 314 g/mol. The van der Waals surface area contributed by atoms with Crippen LogP contribution in [0.1, 0.15) is 20.3 Å². The predicted octanol–water partition coefficient (Wildman–Crippen LogP) is -1.01. The lowest BCUT2D eigenvalue weighted by Crippen LogP contribution is -2.63. The number of likely N-dealkylation sites (tertiary alicyclic amines) is 1. The number of β-lactam (4-membered cyclic amide) rings is 1. The number of aliphatic carboxylic acids is 1. The second-order valence-corrected chi connectivity index (χ2v) is 7.06. The molecule has 2 unspecified atom stereocenters. The van der Waals surface area contributed by atoms with Crippen molar-refractivity contribution in [3.8, 4) is 0 Å². The van der Waals surface area contributed by atoms with Crippen molar-refractivity contribution in [3.63, 3.8) is 0 Å². The maximum absolute atomic E-state index is 12.3. The van der Waals surface area contributed by atoms with Crippen LogP contribution in [0.2, 0.25) is 0 Å². The topological polar surface area (TPSA) is 124 Å². The van der Waals surface area contributed by atoms with Crippen LogP contribution < -0.4 is 5.73 Å². The fourth-order valence-electron chi connectivity index (χ4n) is 4.30. The van der Waals surface area contributed by atoms with E-state index in [0.29, 0.717) is 31.6 Å². The molecule has 0 radical (unpaired) electrons. The van der Waals surface area contributed by atoms with E-state index in [-0.39, 0.29) is 35.4 Å². The molecule has 0 aliphatic carbocycles. The largest absolute Gasteiger partial charge is 0.477 e. The summed E-state index contributed by atoms with van der Waals surface area (Å²) in [6.45, 7) is 5.04. The summed E-state index contributed by atoms with van der Waals surface area (Å²) in [6, 6.07) is -0.298. The predicted molar refractivity (Wildman–Crippen MR) is 83.4 cm³/mol. The highest BCUT2D eigenvalue weighted by atomic mass is 16.4. The van der Waals surface area contributed by atoms with Crippen LogP contribution in [0.15, 0.2) is 11.3 Å². The van der Waals surface area contributed by atoms with E-state index < -0.39 is 18.0 Å². The zero-order valence-electron chi connectivity index (χ0n) is 13.8. The molecule has 132 valence electrons. The molecule has 8 heteroatoms. The molecule has 3 aliphatic heterocycles. The summed E-state index contributed by atoms with van der Waals surface area (Å²) in [5.41, 5.74) is 6.07. The number of aliphatic hydroxyl groups excluding tert-OH is 1. The summed E-state index contributed by atoms with van der Waals surface area (Å²) < 4.78 is 0. The Balaban J connectivity index is 1.83. The summed E-state index contributed by atoms with van der Waals surface area (Å²) >= 11 is 0. The van der Waals surface area contributed by atoms with Gasteiger partial charge in [-0.2, -0.15) is 0 Å². The average Bonchev–Trinajstić information content (AvgIpc) is 3.03. The van der Waals surface area contributed by atoms with Crippen LogP contribution in [-0.4, -0.2) is 69.6 Å². The fourth-order valence-corrected chi connectivity index (χ4v) is 4.30. The second kappa shape index (κ2) is 5.86. The van der Waals surface area contributed by atoms with Crippen molar-refractivity contribution in [2.24, 2.45) is 23.5 Å². The van der Waals surface area contributed by atoms with Gasteiger partial charge in [-0.05, 0) is 25.5 Å². The highest BCUT2D eigenvalue weighted by Crippen LogP contribution is 2.47. The Morgan fingerprint density at radius 2 is 2.08 bits per heavy atom. The van der Waals surface area contributed by atoms with E-state index in [2.05, 4.69) is 0 Å². The van der Waals surface area contributed by atoms with Gasteiger partial charge in [-0.25, -0.2) is 4.79 Å². The number of carbonyl (C=O) groups excluding carboxylic acids is 2. The normalized spacial score (nSPS) is 34.3. The first-order valence-corrected chi connectivity index (χ1v) is 8.23. The van der Waals surface area contributed by atoms with Gasteiger partial charge in [0.1, 0.15) is 5.70 Å². The van der Waals surface area contributed by atoms with E-state index in [1.54, 1.807) is 6.92 Å². The Bertz CT molecular complexity index is 629. The molecule has 0 spiro atoms. The molecule has 2 saturated heterocycles. The Kier molecular flexibility index (Phi) is 4.13. The molecule has 4 N–H and O–H groups in total. The van der Waals surface area contributed by atoms with Gasteiger partial charge in [-0.1, -0.05) is 6.92 Å². The van der Waals surface area contributed by atoms with Gasteiger partial charge in [0.2, 0.25) is 11.8 Å². The number of carboxylic acids is 1. The summed E-state index contributed by atoms with van der Waals surface area (Å²) in [4.78, 5) is 38.6. The summed E-state index contributed by atoms with van der Waals surface area (Å²) in [5, 5.41) is 19.4. The van der Waals surface area contributed by atoms with Gasteiger partial charge >= 0.3 is 5.97 Å². The Morgan fingerprint density at radius 3 is 2.58 bits per heavy atom. The van der Waals surface area contributed by atoms with Crippen LogP contribution in [0.3, 0.4) is 0 Å². The first-order valence-electron chi connectivity index (χ1n) is 8.23. The third-order valence-corrected chi connectivity index (χ3v) is 5.59. The van der Waals surface area contributed by atoms with E-state index >= 15 is 0 Å². The third-order valence-electron chi connectivity index (χ3n) is 5.59. The van der Waals surface area contributed by atoms with Gasteiger partial charge in [0.05, 0.1) is 24.0 Å². The molecule has 3 rings (SSSR count). The van der Waals surface area contributed by atoms with E-state index in [9.17, 15) is 24.6 Å². The van der Waals surface area contributed by atoms with Crippen LogP contribution in [0.25, 0.3) is 0 Å². The van der Waals surface area contributed by atoms with Crippen molar-refractivity contribution in [3.05, 3.63) is 11.3 Å². The first kappa shape index (κ1) is 16.9. The third kappa shape index (κ3) is 2.41. The SMILES string of the molecule is C[C@@H](O)C1C(=O)N2C(C(=O)O)=C(CN3CC[C@@H](C(N)=O)C3)[C@H](C)C12. The van der Waals surface area contributed by atoms with Gasteiger partial charge in [0.25, 0.3) is 0 Å². The molecule has 8 nitrogen and oxygen atoms in total. The number of carboxylic acid groups (broad SMARTS) is 1. The molecule has 2 fully saturated rings. The number of hydrogen-bond acceptors (Lipinski definition) is 5. The molecule has 0 saturated carbocycles. The Morgan fingerprint density at radius 1 is 1.42 bits per heavy atom. The summed E-state index contributed by atoms with van der Waals surface area (Å²) in [5.74, 6) is -2.69. The monoisotopic (exact) mass is 337 g/mol. The van der Waals surface area contributed by atoms with Crippen LogP contribution in [0.5, 0.6) is 0 Å². The van der Waals surface area contributed by atoms with Gasteiger partial charge < -0.3 is 20.8 Å². The zero-order valence-corrected chi connectivity index (χ0v) is 13.8. The fraction of sp³-hybridized carbons (Fsp3) is 0.688. The quantitative estimate of drug-likeness (QED) is 0.552. The second-order valence-electron chi connectivity index (χ2n) is 7.06. The molecule has 0 aromatic carbocycles. The zero-order chi connectivity index (χ0) is 17.8. The Labute approximate surface area is 139 Å². The maximum Gasteiger partial charge on any atom is 0.352 e. The van der Waals surface area contributed by atoms with Crippen molar-refractivity contribution >= 4 is 17.8 Å². The number of primary amides is 1. The van der Waals surface area contributed by atoms with Crippen molar-refractivity contribution in [1.82, 2.24) is 9.80 Å². The number of nitrogens with zero attached hydrogens (tertiary/aromatic N) is 2. The van der Waals surface area contributed by atoms with E-state index in [1.165, 1.54) is 4.90 Å². The van der Waals surface area contributed by atoms with Gasteiger partial charge in [-0.15, -0.1) is 0 Å². The first-order chi connectivity index (χ1) is 11.2. The van der Waals surface area contributed by atoms with Crippen molar-refractivity contribution in [2.45, 2.75) is 32.4 Å². The number of amides is 2. The summed E-state index contributed by atoms with van der Waals surface area (Å²) in [7, 11) is 0. The van der Waals surface area contributed by atoms with Crippen molar-refractivity contribution in [1.29, 1.82) is 0 Å². The van der Waals surface area contributed by atoms with Gasteiger partial charge in [0.15, 0.2) is 0 Å². The highest BCUT2D eigenvalue weighted by molar-refractivity contribution is 6.00. The van der Waals surface area contributed by atoms with Crippen LogP contribution in [-0.2, 0) is 14.4 Å². The lowest BCUT2D eigenvalue weighted by Gasteiger charge is -2.46. The van der Waals surface area contributed by atoms with Crippen LogP contribution >= 0.6 is 0 Å². The number of rotatable bonds is 5. The van der Waals surface area contributed by atoms with Gasteiger partial charge in [-0.3, -0.25) is 14.5 Å². The standard InChI is InChI=1S/C16H23N3O5/c1-7-10(6-18-4-3-9(5-18)14(17)21)13(16(23)24)19-12(7)11(8(2)20)15(19)22/h7-9,11-12,20H,3-6H2,1-2H3,(H2,17,21)(H,23,24)/t7-,8+,9+,11?,12?/m0/s1.